The van der Waals surface area contributed by atoms with Crippen molar-refractivity contribution < 1.29 is 19.1 Å². The molecule has 0 aliphatic carbocycles. The van der Waals surface area contributed by atoms with Crippen LogP contribution in [0.25, 0.3) is 0 Å². The van der Waals surface area contributed by atoms with Crippen molar-refractivity contribution in [1.29, 1.82) is 0 Å². The van der Waals surface area contributed by atoms with Crippen LogP contribution in [0.3, 0.4) is 0 Å². The molecule has 2 N–H and O–H groups in total. The Morgan fingerprint density at radius 2 is 2.25 bits per heavy atom. The molecule has 3 amide bonds. The first-order chi connectivity index (χ1) is 11.6. The van der Waals surface area contributed by atoms with Gasteiger partial charge in [0, 0.05) is 13.2 Å². The lowest BCUT2D eigenvalue weighted by Gasteiger charge is -2.19. The number of hydrogen-bond donors (Lipinski definition) is 2. The van der Waals surface area contributed by atoms with Gasteiger partial charge in [0.15, 0.2) is 5.17 Å². The van der Waals surface area contributed by atoms with Crippen LogP contribution in [0.2, 0.25) is 0 Å². The number of amides is 3. The summed E-state index contributed by atoms with van der Waals surface area (Å²) in [5.41, 5.74) is 0. The number of thioether (sulfide) groups is 1. The van der Waals surface area contributed by atoms with Crippen LogP contribution in [0.15, 0.2) is 4.99 Å². The van der Waals surface area contributed by atoms with Crippen molar-refractivity contribution in [3.05, 3.63) is 0 Å². The van der Waals surface area contributed by atoms with E-state index in [-0.39, 0.29) is 28.8 Å². The van der Waals surface area contributed by atoms with E-state index in [9.17, 15) is 14.4 Å². The third kappa shape index (κ3) is 5.90. The Balaban J connectivity index is 1.72. The monoisotopic (exact) mass is 355 g/mol. The molecule has 2 heterocycles. The fourth-order valence-electron chi connectivity index (χ4n) is 2.65. The van der Waals surface area contributed by atoms with Gasteiger partial charge >= 0.3 is 0 Å². The lowest BCUT2D eigenvalue weighted by atomic mass is 9.99. The van der Waals surface area contributed by atoms with E-state index < -0.39 is 11.8 Å². The molecule has 0 bridgehead atoms. The van der Waals surface area contributed by atoms with E-state index in [1.165, 1.54) is 0 Å². The maximum absolute atomic E-state index is 12.0. The summed E-state index contributed by atoms with van der Waals surface area (Å²) in [7, 11) is 0. The summed E-state index contributed by atoms with van der Waals surface area (Å²) in [6, 6.07) is 0. The standard InChI is InChI=1S/C16H25N3O4S/c1-2-3-4-7-12-14(21)18-16(19-15(12)22)24-10-13(20)17-9-11-6-5-8-23-11/h11-12H,2-10H2,1H3,(H,17,20)(H,18,19,21,22). The highest BCUT2D eigenvalue weighted by molar-refractivity contribution is 8.14. The zero-order chi connectivity index (χ0) is 17.4. The van der Waals surface area contributed by atoms with Crippen LogP contribution in [0.5, 0.6) is 0 Å². The first-order valence-electron chi connectivity index (χ1n) is 8.54. The summed E-state index contributed by atoms with van der Waals surface area (Å²) in [5, 5.41) is 5.63. The van der Waals surface area contributed by atoms with Gasteiger partial charge in [-0.15, -0.1) is 0 Å². The van der Waals surface area contributed by atoms with Crippen molar-refractivity contribution in [3.63, 3.8) is 0 Å². The summed E-state index contributed by atoms with van der Waals surface area (Å²) in [4.78, 5) is 39.7. The highest BCUT2D eigenvalue weighted by atomic mass is 32.2. The van der Waals surface area contributed by atoms with Crippen LogP contribution < -0.4 is 10.6 Å². The van der Waals surface area contributed by atoms with Crippen molar-refractivity contribution in [2.45, 2.75) is 51.6 Å². The van der Waals surface area contributed by atoms with Gasteiger partial charge in [-0.3, -0.25) is 14.4 Å². The fraction of sp³-hybridized carbons (Fsp3) is 0.750. The predicted molar refractivity (Wildman–Crippen MR) is 92.7 cm³/mol. The van der Waals surface area contributed by atoms with E-state index >= 15 is 0 Å². The molecule has 1 saturated heterocycles. The Morgan fingerprint density at radius 3 is 2.92 bits per heavy atom. The predicted octanol–water partition coefficient (Wildman–Crippen LogP) is 1.22. The van der Waals surface area contributed by atoms with Gasteiger partial charge in [-0.2, -0.15) is 4.99 Å². The number of ether oxygens (including phenoxy) is 1. The van der Waals surface area contributed by atoms with Crippen LogP contribution >= 0.6 is 11.8 Å². The molecule has 2 atom stereocenters. The van der Waals surface area contributed by atoms with E-state index in [1.54, 1.807) is 0 Å². The molecule has 2 unspecified atom stereocenters. The molecule has 0 aromatic carbocycles. The van der Waals surface area contributed by atoms with E-state index in [2.05, 4.69) is 22.5 Å². The van der Waals surface area contributed by atoms with Gasteiger partial charge in [0.25, 0.3) is 5.91 Å². The Hall–Kier alpha value is -1.41. The van der Waals surface area contributed by atoms with Gasteiger partial charge < -0.3 is 15.4 Å². The molecule has 8 heteroatoms. The molecule has 0 aromatic rings. The largest absolute Gasteiger partial charge is 0.376 e. The second-order valence-corrected chi connectivity index (χ2v) is 6.98. The van der Waals surface area contributed by atoms with Crippen molar-refractivity contribution in [3.8, 4) is 0 Å². The number of aliphatic imine (C=N–C) groups is 1. The zero-order valence-corrected chi connectivity index (χ0v) is 14.8. The molecule has 2 aliphatic heterocycles. The molecule has 2 aliphatic rings. The number of hydrogen-bond acceptors (Lipinski definition) is 5. The summed E-state index contributed by atoms with van der Waals surface area (Å²) in [5.74, 6) is -1.45. The average molecular weight is 355 g/mol. The summed E-state index contributed by atoms with van der Waals surface area (Å²) in [6.45, 7) is 3.32. The smallest absolute Gasteiger partial charge is 0.260 e. The normalized spacial score (nSPS) is 23.8. The zero-order valence-electron chi connectivity index (χ0n) is 14.0. The van der Waals surface area contributed by atoms with Crippen LogP contribution in [-0.4, -0.2) is 47.9 Å². The number of carbonyl (C=O) groups excluding carboxylic acids is 3. The highest BCUT2D eigenvalue weighted by Crippen LogP contribution is 2.17. The highest BCUT2D eigenvalue weighted by Gasteiger charge is 2.31. The molecular weight excluding hydrogens is 330 g/mol. The minimum absolute atomic E-state index is 0.0936. The third-order valence-electron chi connectivity index (χ3n) is 4.04. The molecule has 0 aromatic heterocycles. The van der Waals surface area contributed by atoms with Gasteiger partial charge in [-0.25, -0.2) is 0 Å². The Morgan fingerprint density at radius 1 is 1.42 bits per heavy atom. The SMILES string of the molecule is CCCCCC1C(=O)N=C(SCC(=O)NCC2CCCO2)NC1=O. The van der Waals surface area contributed by atoms with E-state index in [0.717, 1.165) is 50.5 Å². The molecule has 24 heavy (non-hydrogen) atoms. The van der Waals surface area contributed by atoms with Crippen molar-refractivity contribution in [2.24, 2.45) is 10.9 Å². The molecule has 0 saturated carbocycles. The van der Waals surface area contributed by atoms with Gasteiger partial charge in [0.05, 0.1) is 11.9 Å². The fourth-order valence-corrected chi connectivity index (χ4v) is 3.35. The number of amidine groups is 1. The molecule has 1 fully saturated rings. The molecule has 0 spiro atoms. The first kappa shape index (κ1) is 18.9. The van der Waals surface area contributed by atoms with Crippen LogP contribution in [0.4, 0.5) is 0 Å². The lowest BCUT2D eigenvalue weighted by Crippen LogP contribution is -2.43. The second-order valence-electron chi connectivity index (χ2n) is 6.02. The minimum atomic E-state index is -0.686. The number of carbonyl (C=O) groups is 3. The summed E-state index contributed by atoms with van der Waals surface area (Å²) < 4.78 is 5.43. The number of nitrogens with one attached hydrogen (secondary N) is 2. The number of unbranched alkanes of at least 4 members (excludes halogenated alkanes) is 2. The van der Waals surface area contributed by atoms with E-state index in [1.807, 2.05) is 0 Å². The second kappa shape index (κ2) is 9.78. The number of rotatable bonds is 8. The van der Waals surface area contributed by atoms with Crippen molar-refractivity contribution in [2.75, 3.05) is 18.9 Å². The Kier molecular flexibility index (Phi) is 7.71. The summed E-state index contributed by atoms with van der Waals surface area (Å²) >= 11 is 1.07. The third-order valence-corrected chi connectivity index (χ3v) is 4.92. The molecule has 0 radical (unpaired) electrons. The van der Waals surface area contributed by atoms with Crippen molar-refractivity contribution >= 4 is 34.7 Å². The quantitative estimate of drug-likeness (QED) is 0.504. The van der Waals surface area contributed by atoms with Crippen LogP contribution in [-0.2, 0) is 19.1 Å². The van der Waals surface area contributed by atoms with Crippen molar-refractivity contribution in [1.82, 2.24) is 10.6 Å². The van der Waals surface area contributed by atoms with Crippen LogP contribution in [0.1, 0.15) is 45.4 Å². The summed E-state index contributed by atoms with van der Waals surface area (Å²) in [6.07, 6.45) is 5.48. The topological polar surface area (TPSA) is 96.9 Å². The molecule has 134 valence electrons. The van der Waals surface area contributed by atoms with E-state index in [4.69, 9.17) is 4.74 Å². The van der Waals surface area contributed by atoms with Gasteiger partial charge in [-0.05, 0) is 19.3 Å². The Bertz CT molecular complexity index is 504. The van der Waals surface area contributed by atoms with Gasteiger partial charge in [0.2, 0.25) is 11.8 Å². The van der Waals surface area contributed by atoms with Gasteiger partial charge in [0.1, 0.15) is 5.92 Å². The van der Waals surface area contributed by atoms with Crippen LogP contribution in [0, 0.1) is 5.92 Å². The number of nitrogens with zero attached hydrogens (tertiary/aromatic N) is 1. The first-order valence-corrected chi connectivity index (χ1v) is 9.53. The maximum atomic E-state index is 12.0. The molecule has 7 nitrogen and oxygen atoms in total. The Labute approximate surface area is 146 Å². The maximum Gasteiger partial charge on any atom is 0.260 e. The molecular formula is C16H25N3O4S. The van der Waals surface area contributed by atoms with E-state index in [0.29, 0.717) is 13.0 Å². The van der Waals surface area contributed by atoms with Gasteiger partial charge in [-0.1, -0.05) is 37.9 Å². The lowest BCUT2D eigenvalue weighted by molar-refractivity contribution is -0.133. The minimum Gasteiger partial charge on any atom is -0.376 e. The average Bonchev–Trinajstić information content (AvgIpc) is 3.07. The molecule has 2 rings (SSSR count).